The SMILES string of the molecule is C#C[C@H]1OC(C)(C)O[C@H]1[C@@H](O)CCCCCOCc1ccccc1. The summed E-state index contributed by atoms with van der Waals surface area (Å²) in [7, 11) is 0. The Balaban J connectivity index is 1.56. The van der Waals surface area contributed by atoms with Crippen LogP contribution in [0.5, 0.6) is 0 Å². The van der Waals surface area contributed by atoms with E-state index in [9.17, 15) is 5.11 Å². The highest BCUT2D eigenvalue weighted by atomic mass is 16.8. The molecule has 4 heteroatoms. The predicted octanol–water partition coefficient (Wildman–Crippen LogP) is 3.28. The number of hydrogen-bond donors (Lipinski definition) is 1. The van der Waals surface area contributed by atoms with Gasteiger partial charge in [0, 0.05) is 6.61 Å². The van der Waals surface area contributed by atoms with Gasteiger partial charge in [-0.2, -0.15) is 0 Å². The van der Waals surface area contributed by atoms with E-state index in [1.807, 2.05) is 32.0 Å². The van der Waals surface area contributed by atoms with Crippen LogP contribution in [0.3, 0.4) is 0 Å². The van der Waals surface area contributed by atoms with Crippen molar-refractivity contribution < 1.29 is 19.3 Å². The maximum Gasteiger partial charge on any atom is 0.165 e. The lowest BCUT2D eigenvalue weighted by atomic mass is 10.0. The largest absolute Gasteiger partial charge is 0.390 e. The van der Waals surface area contributed by atoms with Crippen molar-refractivity contribution in [3.05, 3.63) is 35.9 Å². The summed E-state index contributed by atoms with van der Waals surface area (Å²) < 4.78 is 17.0. The van der Waals surface area contributed by atoms with Gasteiger partial charge in [-0.25, -0.2) is 0 Å². The molecule has 132 valence electrons. The fourth-order valence-electron chi connectivity index (χ4n) is 2.86. The van der Waals surface area contributed by atoms with Crippen molar-refractivity contribution in [1.82, 2.24) is 0 Å². The Kier molecular flexibility index (Phi) is 7.26. The summed E-state index contributed by atoms with van der Waals surface area (Å²) in [6, 6.07) is 10.1. The molecule has 1 fully saturated rings. The van der Waals surface area contributed by atoms with Crippen LogP contribution in [0.25, 0.3) is 0 Å². The summed E-state index contributed by atoms with van der Waals surface area (Å²) in [5.41, 5.74) is 1.19. The molecule has 0 spiro atoms. The maximum atomic E-state index is 10.3. The lowest BCUT2D eigenvalue weighted by molar-refractivity contribution is -0.153. The van der Waals surface area contributed by atoms with Crippen molar-refractivity contribution in [3.63, 3.8) is 0 Å². The van der Waals surface area contributed by atoms with Gasteiger partial charge in [0.2, 0.25) is 0 Å². The molecule has 0 amide bonds. The van der Waals surface area contributed by atoms with Crippen LogP contribution in [0.1, 0.15) is 45.1 Å². The second-order valence-corrected chi connectivity index (χ2v) is 6.64. The predicted molar refractivity (Wildman–Crippen MR) is 93.2 cm³/mol. The van der Waals surface area contributed by atoms with Crippen LogP contribution in [0.4, 0.5) is 0 Å². The topological polar surface area (TPSA) is 47.9 Å². The molecule has 0 aromatic heterocycles. The Morgan fingerprint density at radius 1 is 1.21 bits per heavy atom. The summed E-state index contributed by atoms with van der Waals surface area (Å²) in [5.74, 6) is 1.83. The van der Waals surface area contributed by atoms with Gasteiger partial charge in [0.05, 0.1) is 12.7 Å². The molecule has 1 aromatic rings. The minimum absolute atomic E-state index is 0.445. The summed E-state index contributed by atoms with van der Waals surface area (Å²) in [5, 5.41) is 10.3. The molecule has 3 atom stereocenters. The Hall–Kier alpha value is -1.38. The molecular weight excluding hydrogens is 304 g/mol. The molecule has 0 aliphatic carbocycles. The number of aliphatic hydroxyl groups is 1. The van der Waals surface area contributed by atoms with E-state index in [4.69, 9.17) is 20.6 Å². The van der Waals surface area contributed by atoms with Crippen molar-refractivity contribution in [2.45, 2.75) is 70.2 Å². The van der Waals surface area contributed by atoms with E-state index in [1.165, 1.54) is 5.56 Å². The van der Waals surface area contributed by atoms with Gasteiger partial charge in [-0.05, 0) is 32.3 Å². The Morgan fingerprint density at radius 3 is 2.67 bits per heavy atom. The van der Waals surface area contributed by atoms with Crippen molar-refractivity contribution in [2.24, 2.45) is 0 Å². The van der Waals surface area contributed by atoms with Crippen LogP contribution >= 0.6 is 0 Å². The summed E-state index contributed by atoms with van der Waals surface area (Å²) in [6.07, 6.45) is 7.48. The number of ether oxygens (including phenoxy) is 3. The number of rotatable bonds is 9. The standard InChI is InChI=1S/C20H28O4/c1-4-18-19(24-20(2,3)23-18)17(21)13-9-6-10-14-22-15-16-11-7-5-8-12-16/h1,5,7-8,11-12,17-19,21H,6,9-10,13-15H2,2-3H3/t17-,18+,19-/m0/s1. The van der Waals surface area contributed by atoms with Crippen LogP contribution in [0.15, 0.2) is 30.3 Å². The van der Waals surface area contributed by atoms with Crippen LogP contribution in [-0.4, -0.2) is 35.8 Å². The molecule has 4 nitrogen and oxygen atoms in total. The smallest absolute Gasteiger partial charge is 0.165 e. The molecule has 0 radical (unpaired) electrons. The highest BCUT2D eigenvalue weighted by Crippen LogP contribution is 2.30. The van der Waals surface area contributed by atoms with E-state index in [0.29, 0.717) is 13.0 Å². The Morgan fingerprint density at radius 2 is 1.96 bits per heavy atom. The van der Waals surface area contributed by atoms with E-state index in [2.05, 4.69) is 18.1 Å². The van der Waals surface area contributed by atoms with Gasteiger partial charge in [0.15, 0.2) is 5.79 Å². The Bertz CT molecular complexity index is 520. The lowest BCUT2D eigenvalue weighted by Crippen LogP contribution is -2.34. The van der Waals surface area contributed by atoms with E-state index >= 15 is 0 Å². The highest BCUT2D eigenvalue weighted by molar-refractivity contribution is 5.13. The first-order chi connectivity index (χ1) is 11.5. The third kappa shape index (κ3) is 5.92. The fraction of sp³-hybridized carbons (Fsp3) is 0.600. The fourth-order valence-corrected chi connectivity index (χ4v) is 2.86. The van der Waals surface area contributed by atoms with E-state index in [0.717, 1.165) is 25.9 Å². The molecule has 0 saturated carbocycles. The molecule has 0 bridgehead atoms. The van der Waals surface area contributed by atoms with Crippen LogP contribution in [0, 0.1) is 12.3 Å². The van der Waals surface area contributed by atoms with Crippen molar-refractivity contribution >= 4 is 0 Å². The zero-order chi connectivity index (χ0) is 17.4. The van der Waals surface area contributed by atoms with Crippen LogP contribution in [-0.2, 0) is 20.8 Å². The average molecular weight is 332 g/mol. The van der Waals surface area contributed by atoms with Gasteiger partial charge < -0.3 is 19.3 Å². The highest BCUT2D eigenvalue weighted by Gasteiger charge is 2.43. The molecule has 1 aliphatic heterocycles. The zero-order valence-electron chi connectivity index (χ0n) is 14.6. The summed E-state index contributed by atoms with van der Waals surface area (Å²) in [4.78, 5) is 0. The first-order valence-electron chi connectivity index (χ1n) is 8.63. The minimum Gasteiger partial charge on any atom is -0.390 e. The molecule has 1 N–H and O–H groups in total. The average Bonchev–Trinajstić information content (AvgIpc) is 2.90. The van der Waals surface area contributed by atoms with Gasteiger partial charge in [0.1, 0.15) is 12.2 Å². The number of unbranched alkanes of at least 4 members (excludes halogenated alkanes) is 2. The first-order valence-corrected chi connectivity index (χ1v) is 8.63. The monoisotopic (exact) mass is 332 g/mol. The van der Waals surface area contributed by atoms with Crippen molar-refractivity contribution in [3.8, 4) is 12.3 Å². The molecule has 2 rings (SSSR count). The minimum atomic E-state index is -0.728. The second-order valence-electron chi connectivity index (χ2n) is 6.64. The molecule has 1 saturated heterocycles. The van der Waals surface area contributed by atoms with Gasteiger partial charge in [-0.15, -0.1) is 6.42 Å². The molecule has 1 aromatic carbocycles. The van der Waals surface area contributed by atoms with Gasteiger partial charge in [-0.1, -0.05) is 49.1 Å². The molecule has 0 unspecified atom stereocenters. The third-order valence-corrected chi connectivity index (χ3v) is 4.07. The van der Waals surface area contributed by atoms with Gasteiger partial charge in [0.25, 0.3) is 0 Å². The second kappa shape index (κ2) is 9.19. The number of terminal acetylenes is 1. The molecular formula is C20H28O4. The van der Waals surface area contributed by atoms with Gasteiger partial charge in [-0.3, -0.25) is 0 Å². The summed E-state index contributed by atoms with van der Waals surface area (Å²) >= 11 is 0. The normalized spacial score (nSPS) is 23.8. The van der Waals surface area contributed by atoms with Crippen LogP contribution < -0.4 is 0 Å². The summed E-state index contributed by atoms with van der Waals surface area (Å²) in [6.45, 7) is 5.01. The van der Waals surface area contributed by atoms with Crippen molar-refractivity contribution in [2.75, 3.05) is 6.61 Å². The number of aliphatic hydroxyl groups excluding tert-OH is 1. The quantitative estimate of drug-likeness (QED) is 0.557. The van der Waals surface area contributed by atoms with Crippen molar-refractivity contribution in [1.29, 1.82) is 0 Å². The molecule has 1 heterocycles. The molecule has 1 aliphatic rings. The first kappa shape index (κ1) is 19.0. The number of hydrogen-bond acceptors (Lipinski definition) is 4. The van der Waals surface area contributed by atoms with E-state index in [-0.39, 0.29) is 0 Å². The lowest BCUT2D eigenvalue weighted by Gasteiger charge is -2.20. The molecule has 24 heavy (non-hydrogen) atoms. The Labute approximate surface area is 145 Å². The van der Waals surface area contributed by atoms with E-state index in [1.54, 1.807) is 0 Å². The zero-order valence-corrected chi connectivity index (χ0v) is 14.6. The number of benzene rings is 1. The third-order valence-electron chi connectivity index (χ3n) is 4.07. The van der Waals surface area contributed by atoms with E-state index < -0.39 is 24.1 Å². The maximum absolute atomic E-state index is 10.3. The van der Waals surface area contributed by atoms with Gasteiger partial charge >= 0.3 is 0 Å². The van der Waals surface area contributed by atoms with Crippen LogP contribution in [0.2, 0.25) is 0 Å².